The van der Waals surface area contributed by atoms with Crippen molar-refractivity contribution < 1.29 is 19.2 Å². The van der Waals surface area contributed by atoms with E-state index in [-0.39, 0.29) is 24.6 Å². The molecule has 0 aromatic heterocycles. The first-order chi connectivity index (χ1) is 9.17. The second kappa shape index (κ2) is 6.58. The van der Waals surface area contributed by atoms with Crippen molar-refractivity contribution in [2.45, 2.75) is 58.8 Å². The molecule has 0 aliphatic carbocycles. The largest absolute Gasteiger partial charge is 0.444 e. The third kappa shape index (κ3) is 5.90. The molecule has 114 valence electrons. The molecule has 20 heavy (non-hydrogen) atoms. The van der Waals surface area contributed by atoms with Crippen molar-refractivity contribution in [1.82, 2.24) is 10.6 Å². The summed E-state index contributed by atoms with van der Waals surface area (Å²) in [6.45, 7) is 9.35. The van der Waals surface area contributed by atoms with E-state index in [0.29, 0.717) is 12.1 Å². The fraction of sp³-hybridized carbons (Fsp3) is 0.769. The number of rotatable bonds is 4. The first kappa shape index (κ1) is 16.3. The molecule has 1 aliphatic heterocycles. The predicted molar refractivity (Wildman–Crippen MR) is 74.4 cm³/mol. The van der Waals surface area contributed by atoms with E-state index in [9.17, 15) is 9.59 Å². The zero-order chi connectivity index (χ0) is 15.3. The van der Waals surface area contributed by atoms with Crippen molar-refractivity contribution in [2.24, 2.45) is 5.16 Å². The lowest BCUT2D eigenvalue weighted by molar-refractivity contribution is -0.115. The predicted octanol–water partition coefficient (Wildman–Crippen LogP) is 1.18. The van der Waals surface area contributed by atoms with Gasteiger partial charge in [-0.1, -0.05) is 5.16 Å². The number of amides is 2. The molecule has 7 heteroatoms. The molecule has 2 amide bonds. The highest BCUT2D eigenvalue weighted by molar-refractivity contribution is 6.39. The highest BCUT2D eigenvalue weighted by Crippen LogP contribution is 2.11. The van der Waals surface area contributed by atoms with E-state index >= 15 is 0 Å². The third-order valence-corrected chi connectivity index (χ3v) is 2.29. The number of oxime groups is 1. The molecule has 1 rings (SSSR count). The normalized spacial score (nSPS) is 18.3. The molecule has 0 aromatic carbocycles. The molecule has 0 spiro atoms. The van der Waals surface area contributed by atoms with Gasteiger partial charge in [0.2, 0.25) is 0 Å². The molecular formula is C13H23N3O4. The number of nitrogens with one attached hydrogen (secondary N) is 2. The topological polar surface area (TPSA) is 89.0 Å². The first-order valence-electron chi connectivity index (χ1n) is 6.68. The average molecular weight is 285 g/mol. The molecule has 0 saturated heterocycles. The van der Waals surface area contributed by atoms with Gasteiger partial charge in [0.25, 0.3) is 5.91 Å². The second-order valence-corrected chi connectivity index (χ2v) is 5.98. The molecule has 0 saturated carbocycles. The smallest absolute Gasteiger partial charge is 0.407 e. The van der Waals surface area contributed by atoms with Crippen molar-refractivity contribution in [3.8, 4) is 0 Å². The molecular weight excluding hydrogens is 262 g/mol. The molecule has 1 atom stereocenters. The van der Waals surface area contributed by atoms with Crippen molar-refractivity contribution >= 4 is 17.7 Å². The number of carbonyl (C=O) groups excluding carboxylic acids is 2. The van der Waals surface area contributed by atoms with Crippen LogP contribution >= 0.6 is 0 Å². The Morgan fingerprint density at radius 1 is 1.45 bits per heavy atom. The van der Waals surface area contributed by atoms with Crippen LogP contribution in [0.2, 0.25) is 0 Å². The van der Waals surface area contributed by atoms with Crippen LogP contribution < -0.4 is 10.6 Å². The van der Waals surface area contributed by atoms with Gasteiger partial charge in [0.1, 0.15) is 11.3 Å². The maximum atomic E-state index is 11.7. The Balaban J connectivity index is 2.30. The highest BCUT2D eigenvalue weighted by Gasteiger charge is 2.27. The summed E-state index contributed by atoms with van der Waals surface area (Å²) < 4.78 is 5.10. The summed E-state index contributed by atoms with van der Waals surface area (Å²) in [5.74, 6) is -0.236. The van der Waals surface area contributed by atoms with E-state index in [2.05, 4.69) is 15.8 Å². The molecule has 0 unspecified atom stereocenters. The van der Waals surface area contributed by atoms with Gasteiger partial charge < -0.3 is 20.2 Å². The van der Waals surface area contributed by atoms with Crippen molar-refractivity contribution in [1.29, 1.82) is 0 Å². The summed E-state index contributed by atoms with van der Waals surface area (Å²) in [6, 6.07) is 0.0455. The number of ether oxygens (including phenoxy) is 1. The van der Waals surface area contributed by atoms with Gasteiger partial charge in [0.05, 0.1) is 6.54 Å². The summed E-state index contributed by atoms with van der Waals surface area (Å²) in [6.07, 6.45) is -0.481. The maximum Gasteiger partial charge on any atom is 0.407 e. The van der Waals surface area contributed by atoms with Crippen LogP contribution in [0.25, 0.3) is 0 Å². The minimum atomic E-state index is -0.542. The van der Waals surface area contributed by atoms with Crippen LogP contribution in [0.3, 0.4) is 0 Å². The fourth-order valence-electron chi connectivity index (χ4n) is 1.53. The van der Waals surface area contributed by atoms with Gasteiger partial charge in [-0.2, -0.15) is 0 Å². The van der Waals surface area contributed by atoms with Crippen LogP contribution in [0, 0.1) is 0 Å². The van der Waals surface area contributed by atoms with Gasteiger partial charge in [-0.25, -0.2) is 4.79 Å². The number of carbonyl (C=O) groups is 2. The maximum absolute atomic E-state index is 11.7. The molecule has 2 N–H and O–H groups in total. The third-order valence-electron chi connectivity index (χ3n) is 2.29. The van der Waals surface area contributed by atoms with Gasteiger partial charge in [0.15, 0.2) is 6.10 Å². The van der Waals surface area contributed by atoms with Crippen LogP contribution in [0.4, 0.5) is 4.79 Å². The molecule has 1 aliphatic rings. The summed E-state index contributed by atoms with van der Waals surface area (Å²) in [4.78, 5) is 28.3. The zero-order valence-electron chi connectivity index (χ0n) is 12.6. The van der Waals surface area contributed by atoms with E-state index in [4.69, 9.17) is 9.57 Å². The van der Waals surface area contributed by atoms with Crippen LogP contribution in [-0.4, -0.2) is 42.0 Å². The minimum Gasteiger partial charge on any atom is -0.444 e. The molecule has 1 heterocycles. The Hall–Kier alpha value is -1.79. The molecule has 7 nitrogen and oxygen atoms in total. The molecule has 0 aromatic rings. The number of hydrogen-bond donors (Lipinski definition) is 2. The van der Waals surface area contributed by atoms with Crippen molar-refractivity contribution in [3.63, 3.8) is 0 Å². The Bertz CT molecular complexity index is 399. The van der Waals surface area contributed by atoms with Crippen molar-refractivity contribution in [3.05, 3.63) is 0 Å². The van der Waals surface area contributed by atoms with Crippen LogP contribution in [0.1, 0.15) is 41.0 Å². The van der Waals surface area contributed by atoms with Gasteiger partial charge in [-0.05, 0) is 34.6 Å². The zero-order valence-corrected chi connectivity index (χ0v) is 12.6. The van der Waals surface area contributed by atoms with Crippen LogP contribution in [0.5, 0.6) is 0 Å². The van der Waals surface area contributed by atoms with E-state index < -0.39 is 11.7 Å². The number of nitrogens with zero attached hydrogens (tertiary/aromatic N) is 1. The van der Waals surface area contributed by atoms with Gasteiger partial charge >= 0.3 is 6.09 Å². The summed E-state index contributed by atoms with van der Waals surface area (Å²) in [5.41, 5.74) is -0.200. The number of hydrogen-bond acceptors (Lipinski definition) is 5. The van der Waals surface area contributed by atoms with E-state index in [1.807, 2.05) is 13.8 Å². The van der Waals surface area contributed by atoms with Gasteiger partial charge in [-0.15, -0.1) is 0 Å². The fourth-order valence-corrected chi connectivity index (χ4v) is 1.53. The summed E-state index contributed by atoms with van der Waals surface area (Å²) >= 11 is 0. The summed E-state index contributed by atoms with van der Waals surface area (Å²) in [5, 5.41) is 9.06. The Morgan fingerprint density at radius 2 is 2.10 bits per heavy atom. The van der Waals surface area contributed by atoms with Crippen LogP contribution in [-0.2, 0) is 14.4 Å². The Morgan fingerprint density at radius 3 is 2.65 bits per heavy atom. The molecule has 0 fully saturated rings. The minimum absolute atomic E-state index is 0.0455. The highest BCUT2D eigenvalue weighted by atomic mass is 16.6. The Labute approximate surface area is 119 Å². The molecule has 0 bridgehead atoms. The van der Waals surface area contributed by atoms with Crippen LogP contribution in [0.15, 0.2) is 5.16 Å². The first-order valence-corrected chi connectivity index (χ1v) is 6.68. The monoisotopic (exact) mass is 285 g/mol. The lowest BCUT2D eigenvalue weighted by Crippen LogP contribution is -2.38. The SMILES string of the molecule is CC(C)NC(=O)C1=NO[C@@H](CNC(=O)OC(C)(C)C)C1. The van der Waals surface area contributed by atoms with E-state index in [0.717, 1.165) is 0 Å². The van der Waals surface area contributed by atoms with Gasteiger partial charge in [-0.3, -0.25) is 4.79 Å². The quantitative estimate of drug-likeness (QED) is 0.811. The lowest BCUT2D eigenvalue weighted by atomic mass is 10.1. The molecule has 0 radical (unpaired) electrons. The summed E-state index contributed by atoms with van der Waals surface area (Å²) in [7, 11) is 0. The number of alkyl carbamates (subject to hydrolysis) is 1. The average Bonchev–Trinajstić information content (AvgIpc) is 2.71. The lowest BCUT2D eigenvalue weighted by Gasteiger charge is -2.20. The second-order valence-electron chi connectivity index (χ2n) is 5.98. The standard InChI is InChI=1S/C13H23N3O4/c1-8(2)15-11(17)10-6-9(20-16-10)7-14-12(18)19-13(3,4)5/h8-9H,6-7H2,1-5H3,(H,14,18)(H,15,17)/t9-/m1/s1. The van der Waals surface area contributed by atoms with Crippen molar-refractivity contribution in [2.75, 3.05) is 6.54 Å². The van der Waals surface area contributed by atoms with E-state index in [1.165, 1.54) is 0 Å². The van der Waals surface area contributed by atoms with E-state index in [1.54, 1.807) is 20.8 Å². The Kier molecular flexibility index (Phi) is 5.35. The van der Waals surface area contributed by atoms with Gasteiger partial charge in [0, 0.05) is 12.5 Å².